The van der Waals surface area contributed by atoms with Crippen LogP contribution in [0.4, 0.5) is 4.79 Å². The van der Waals surface area contributed by atoms with Gasteiger partial charge in [-0.25, -0.2) is 9.59 Å². The summed E-state index contributed by atoms with van der Waals surface area (Å²) in [7, 11) is 1.53. The van der Waals surface area contributed by atoms with Crippen LogP contribution in [0, 0.1) is 0 Å². The van der Waals surface area contributed by atoms with E-state index >= 15 is 0 Å². The number of esters is 1. The van der Waals surface area contributed by atoms with Gasteiger partial charge in [0.1, 0.15) is 11.4 Å². The largest absolute Gasteiger partial charge is 0.497 e. The summed E-state index contributed by atoms with van der Waals surface area (Å²) in [6.07, 6.45) is -2.31. The van der Waals surface area contributed by atoms with Crippen molar-refractivity contribution < 1.29 is 28.9 Å². The van der Waals surface area contributed by atoms with Gasteiger partial charge in [0, 0.05) is 0 Å². The molecule has 0 radical (unpaired) electrons. The monoisotopic (exact) mass is 339 g/mol. The predicted molar refractivity (Wildman–Crippen MR) is 87.7 cm³/mol. The second-order valence-electron chi connectivity index (χ2n) is 6.09. The average Bonchev–Trinajstić information content (AvgIpc) is 2.50. The van der Waals surface area contributed by atoms with Gasteiger partial charge in [0.05, 0.1) is 19.8 Å². The number of alkyl carbamates (subject to hydrolysis) is 1. The molecule has 1 amide bonds. The minimum atomic E-state index is -1.56. The maximum atomic E-state index is 12.0. The van der Waals surface area contributed by atoms with Gasteiger partial charge < -0.3 is 24.6 Å². The molecule has 0 saturated heterocycles. The number of aliphatic hydroxyl groups is 1. The number of aliphatic hydroxyl groups excluding tert-OH is 1. The Morgan fingerprint density at radius 1 is 1.21 bits per heavy atom. The maximum Gasteiger partial charge on any atom is 0.408 e. The van der Waals surface area contributed by atoms with Crippen LogP contribution in [0.2, 0.25) is 0 Å². The van der Waals surface area contributed by atoms with Gasteiger partial charge in [-0.3, -0.25) is 0 Å². The number of methoxy groups -OCH3 is 1. The summed E-state index contributed by atoms with van der Waals surface area (Å²) >= 11 is 0. The molecule has 0 bridgehead atoms. The summed E-state index contributed by atoms with van der Waals surface area (Å²) in [5.74, 6) is -0.213. The Bertz CT molecular complexity index is 549. The third-order valence-electron chi connectivity index (χ3n) is 2.99. The summed E-state index contributed by atoms with van der Waals surface area (Å²) in [5.41, 5.74) is -0.189. The van der Waals surface area contributed by atoms with Gasteiger partial charge >= 0.3 is 12.1 Å². The second-order valence-corrected chi connectivity index (χ2v) is 6.09. The molecule has 0 unspecified atom stereocenters. The zero-order valence-corrected chi connectivity index (χ0v) is 14.7. The van der Waals surface area contributed by atoms with Crippen molar-refractivity contribution in [1.29, 1.82) is 0 Å². The van der Waals surface area contributed by atoms with Gasteiger partial charge in [0.25, 0.3) is 0 Å². The minimum absolute atomic E-state index is 0.123. The molecular formula is C17H25NO6. The van der Waals surface area contributed by atoms with Crippen LogP contribution in [0.1, 0.15) is 39.3 Å². The molecule has 134 valence electrons. The highest BCUT2D eigenvalue weighted by molar-refractivity contribution is 5.77. The van der Waals surface area contributed by atoms with E-state index in [0.717, 1.165) is 0 Å². The lowest BCUT2D eigenvalue weighted by molar-refractivity contribution is -0.154. The van der Waals surface area contributed by atoms with Crippen molar-refractivity contribution in [3.8, 4) is 5.75 Å². The van der Waals surface area contributed by atoms with E-state index in [4.69, 9.17) is 14.2 Å². The summed E-state index contributed by atoms with van der Waals surface area (Å²) in [5, 5.41) is 12.8. The molecule has 0 heterocycles. The fraction of sp³-hybridized carbons (Fsp3) is 0.529. The molecule has 2 N–H and O–H groups in total. The van der Waals surface area contributed by atoms with Gasteiger partial charge in [-0.1, -0.05) is 12.1 Å². The van der Waals surface area contributed by atoms with E-state index in [2.05, 4.69) is 5.32 Å². The van der Waals surface area contributed by atoms with Crippen molar-refractivity contribution in [2.24, 2.45) is 0 Å². The zero-order valence-electron chi connectivity index (χ0n) is 14.7. The Morgan fingerprint density at radius 3 is 2.25 bits per heavy atom. The molecule has 1 aromatic carbocycles. The van der Waals surface area contributed by atoms with Crippen LogP contribution in [0.5, 0.6) is 5.75 Å². The lowest BCUT2D eigenvalue weighted by Gasteiger charge is -2.26. The number of nitrogens with one attached hydrogen (secondary N) is 1. The molecule has 0 spiro atoms. The molecule has 24 heavy (non-hydrogen) atoms. The summed E-state index contributed by atoms with van der Waals surface area (Å²) < 4.78 is 15.1. The van der Waals surface area contributed by atoms with Gasteiger partial charge in [-0.15, -0.1) is 0 Å². The van der Waals surface area contributed by atoms with E-state index in [1.54, 1.807) is 52.0 Å². The number of benzene rings is 1. The molecule has 0 saturated carbocycles. The molecule has 1 rings (SSSR count). The van der Waals surface area contributed by atoms with Crippen molar-refractivity contribution in [2.75, 3.05) is 13.7 Å². The fourth-order valence-corrected chi connectivity index (χ4v) is 1.95. The molecule has 0 aliphatic carbocycles. The standard InChI is InChI=1S/C17H25NO6/c1-6-23-15(20)14(19)13(18-16(21)24-17(2,3)4)11-7-9-12(22-5)10-8-11/h7-10,13-14,19H,6H2,1-5H3,(H,18,21)/t13-,14+/m0/s1. The van der Waals surface area contributed by atoms with Crippen molar-refractivity contribution >= 4 is 12.1 Å². The Labute approximate surface area is 141 Å². The minimum Gasteiger partial charge on any atom is -0.497 e. The number of rotatable bonds is 6. The fourth-order valence-electron chi connectivity index (χ4n) is 1.95. The molecule has 0 aliphatic heterocycles. The Hall–Kier alpha value is -2.28. The van der Waals surface area contributed by atoms with Crippen molar-refractivity contribution in [3.05, 3.63) is 29.8 Å². The molecule has 7 heteroatoms. The lowest BCUT2D eigenvalue weighted by atomic mass is 10.0. The number of ether oxygens (including phenoxy) is 3. The third kappa shape index (κ3) is 6.08. The normalized spacial score (nSPS) is 13.6. The first-order valence-corrected chi connectivity index (χ1v) is 7.66. The number of amides is 1. The van der Waals surface area contributed by atoms with Crippen LogP contribution in [0.15, 0.2) is 24.3 Å². The molecule has 1 aromatic rings. The summed E-state index contributed by atoms with van der Waals surface area (Å²) in [6.45, 7) is 6.91. The molecule has 7 nitrogen and oxygen atoms in total. The van der Waals surface area contributed by atoms with E-state index in [1.807, 2.05) is 0 Å². The van der Waals surface area contributed by atoms with E-state index < -0.39 is 29.8 Å². The van der Waals surface area contributed by atoms with Crippen LogP contribution in [-0.2, 0) is 14.3 Å². The zero-order chi connectivity index (χ0) is 18.3. The smallest absolute Gasteiger partial charge is 0.408 e. The maximum absolute atomic E-state index is 12.0. The van der Waals surface area contributed by atoms with Crippen molar-refractivity contribution in [2.45, 2.75) is 45.4 Å². The number of carbonyl (C=O) groups excluding carboxylic acids is 2. The molecule has 0 aliphatic rings. The number of carbonyl (C=O) groups is 2. The first kappa shape index (κ1) is 19.8. The highest BCUT2D eigenvalue weighted by Gasteiger charge is 2.31. The number of hydrogen-bond donors (Lipinski definition) is 2. The molecular weight excluding hydrogens is 314 g/mol. The molecule has 0 aromatic heterocycles. The van der Waals surface area contributed by atoms with Gasteiger partial charge in [0.15, 0.2) is 6.10 Å². The van der Waals surface area contributed by atoms with E-state index in [-0.39, 0.29) is 6.61 Å². The van der Waals surface area contributed by atoms with E-state index in [1.165, 1.54) is 7.11 Å². The van der Waals surface area contributed by atoms with E-state index in [0.29, 0.717) is 11.3 Å². The van der Waals surface area contributed by atoms with E-state index in [9.17, 15) is 14.7 Å². The highest BCUT2D eigenvalue weighted by Crippen LogP contribution is 2.22. The van der Waals surface area contributed by atoms with Crippen molar-refractivity contribution in [3.63, 3.8) is 0 Å². The predicted octanol–water partition coefficient (Wildman–Crippen LogP) is 2.18. The lowest BCUT2D eigenvalue weighted by Crippen LogP contribution is -2.43. The Balaban J connectivity index is 3.01. The first-order valence-electron chi connectivity index (χ1n) is 7.66. The topological polar surface area (TPSA) is 94.1 Å². The summed E-state index contributed by atoms with van der Waals surface area (Å²) in [6, 6.07) is 5.60. The molecule has 2 atom stereocenters. The SMILES string of the molecule is CCOC(=O)[C@H](O)[C@@H](NC(=O)OC(C)(C)C)c1ccc(OC)cc1. The van der Waals surface area contributed by atoms with Crippen LogP contribution in [-0.4, -0.2) is 42.6 Å². The number of hydrogen-bond acceptors (Lipinski definition) is 6. The van der Waals surface area contributed by atoms with Crippen LogP contribution in [0.25, 0.3) is 0 Å². The second kappa shape index (κ2) is 8.54. The average molecular weight is 339 g/mol. The summed E-state index contributed by atoms with van der Waals surface area (Å²) in [4.78, 5) is 23.9. The highest BCUT2D eigenvalue weighted by atomic mass is 16.6. The Kier molecular flexibility index (Phi) is 7.03. The van der Waals surface area contributed by atoms with Gasteiger partial charge in [-0.05, 0) is 45.4 Å². The Morgan fingerprint density at radius 2 is 1.79 bits per heavy atom. The van der Waals surface area contributed by atoms with Gasteiger partial charge in [-0.2, -0.15) is 0 Å². The van der Waals surface area contributed by atoms with Crippen LogP contribution in [0.3, 0.4) is 0 Å². The first-order chi connectivity index (χ1) is 11.2. The van der Waals surface area contributed by atoms with Crippen LogP contribution >= 0.6 is 0 Å². The van der Waals surface area contributed by atoms with Crippen molar-refractivity contribution in [1.82, 2.24) is 5.32 Å². The molecule has 0 fully saturated rings. The quantitative estimate of drug-likeness (QED) is 0.772. The van der Waals surface area contributed by atoms with Gasteiger partial charge in [0.2, 0.25) is 0 Å². The van der Waals surface area contributed by atoms with Crippen LogP contribution < -0.4 is 10.1 Å². The third-order valence-corrected chi connectivity index (χ3v) is 2.99.